The van der Waals surface area contributed by atoms with Crippen molar-refractivity contribution in [3.05, 3.63) is 105 Å². The lowest BCUT2D eigenvalue weighted by atomic mass is 10.1. The standard InChI is InChI=1S/C36H44N3O15P/c1-5-49-55(46,50-19-18-39(2,3)4)51-24-27-33(53-31(43)20-29(41)47-22-25-12-8-6-9-13-25)34(35(52-27)38-17-16-28(40)37-36(38)45)54-32(44)21-30(42)48-23-26-14-10-7-11-15-26/h6-17,27,33-35H,5,18-24H2,1-4H3/p+1. The maximum atomic E-state index is 13.6. The fourth-order valence-electron chi connectivity index (χ4n) is 5.02. The number of phosphoric ester groups is 1. The van der Waals surface area contributed by atoms with E-state index in [9.17, 15) is 33.3 Å². The molecule has 1 aromatic heterocycles. The third kappa shape index (κ3) is 14.0. The van der Waals surface area contributed by atoms with Crippen LogP contribution in [0.5, 0.6) is 0 Å². The zero-order valence-electron chi connectivity index (χ0n) is 30.9. The van der Waals surface area contributed by atoms with E-state index in [-0.39, 0.29) is 26.4 Å². The molecule has 0 bridgehead atoms. The number of hydrogen-bond acceptors (Lipinski definition) is 15. The van der Waals surface area contributed by atoms with E-state index in [1.807, 2.05) is 21.1 Å². The van der Waals surface area contributed by atoms with Gasteiger partial charge in [-0.2, -0.15) is 0 Å². The van der Waals surface area contributed by atoms with E-state index < -0.39 is 86.9 Å². The van der Waals surface area contributed by atoms with Gasteiger partial charge in [0.15, 0.2) is 18.4 Å². The van der Waals surface area contributed by atoms with Gasteiger partial charge in [-0.3, -0.25) is 47.1 Å². The number of aromatic amines is 1. The number of carbonyl (C=O) groups excluding carboxylic acids is 4. The van der Waals surface area contributed by atoms with E-state index in [1.54, 1.807) is 67.6 Å². The molecule has 4 rings (SSSR count). The molecular weight excluding hydrogens is 745 g/mol. The average Bonchev–Trinajstić information content (AvgIpc) is 3.44. The number of likely N-dealkylation sites (N-methyl/N-ethyl adjacent to an activating group) is 1. The Morgan fingerprint density at radius 1 is 0.764 bits per heavy atom. The number of hydrogen-bond donors (Lipinski definition) is 1. The first-order valence-corrected chi connectivity index (χ1v) is 18.7. The Kier molecular flexibility index (Phi) is 15.6. The van der Waals surface area contributed by atoms with Gasteiger partial charge in [-0.1, -0.05) is 60.7 Å². The molecule has 1 N–H and O–H groups in total. The predicted molar refractivity (Wildman–Crippen MR) is 191 cm³/mol. The Morgan fingerprint density at radius 2 is 1.31 bits per heavy atom. The normalized spacial score (nSPS) is 19.2. The summed E-state index contributed by atoms with van der Waals surface area (Å²) in [5, 5.41) is 0. The van der Waals surface area contributed by atoms with Crippen LogP contribution in [0.4, 0.5) is 0 Å². The number of benzene rings is 2. The first-order chi connectivity index (χ1) is 26.1. The predicted octanol–water partition coefficient (Wildman–Crippen LogP) is 2.41. The van der Waals surface area contributed by atoms with Crippen molar-refractivity contribution < 1.29 is 65.5 Å². The van der Waals surface area contributed by atoms with E-state index in [4.69, 9.17) is 37.3 Å². The lowest BCUT2D eigenvalue weighted by Crippen LogP contribution is -2.43. The van der Waals surface area contributed by atoms with Crippen LogP contribution in [-0.4, -0.2) is 104 Å². The molecule has 1 saturated heterocycles. The molecule has 1 fully saturated rings. The Hall–Kier alpha value is -4.97. The highest BCUT2D eigenvalue weighted by atomic mass is 31.2. The van der Waals surface area contributed by atoms with Crippen LogP contribution in [0.2, 0.25) is 0 Å². The SMILES string of the molecule is CCOP(=O)(OCC[N+](C)(C)C)OCC1OC(n2ccc(=O)[nH]c2=O)C(OC(=O)CC(=O)OCc2ccccc2)C1OC(=O)CC(=O)OCc1ccccc1. The minimum Gasteiger partial charge on any atom is -0.460 e. The average molecular weight is 791 g/mol. The molecule has 298 valence electrons. The molecule has 5 unspecified atom stereocenters. The number of aromatic nitrogens is 2. The highest BCUT2D eigenvalue weighted by Gasteiger charge is 2.52. The van der Waals surface area contributed by atoms with E-state index in [0.29, 0.717) is 22.2 Å². The molecular formula is C36H45N3O15P+. The fourth-order valence-corrected chi connectivity index (χ4v) is 6.20. The number of nitrogens with zero attached hydrogens (tertiary/aromatic N) is 2. The number of carbonyl (C=O) groups is 4. The maximum absolute atomic E-state index is 13.6. The topological polar surface area (TPSA) is 214 Å². The van der Waals surface area contributed by atoms with Crippen LogP contribution in [0.25, 0.3) is 0 Å². The lowest BCUT2D eigenvalue weighted by molar-refractivity contribution is -0.870. The van der Waals surface area contributed by atoms with Gasteiger partial charge >= 0.3 is 37.4 Å². The maximum Gasteiger partial charge on any atom is 0.475 e. The molecule has 2 aromatic carbocycles. The van der Waals surface area contributed by atoms with Crippen LogP contribution in [0.1, 0.15) is 37.1 Å². The summed E-state index contributed by atoms with van der Waals surface area (Å²) in [6.45, 7) is 0.925. The lowest BCUT2D eigenvalue weighted by Gasteiger charge is -2.26. The van der Waals surface area contributed by atoms with Gasteiger partial charge in [-0.05, 0) is 18.1 Å². The first-order valence-electron chi connectivity index (χ1n) is 17.2. The third-order valence-corrected chi connectivity index (χ3v) is 9.24. The van der Waals surface area contributed by atoms with Crippen molar-refractivity contribution in [2.45, 2.75) is 57.5 Å². The number of rotatable bonds is 20. The molecule has 18 nitrogen and oxygen atoms in total. The highest BCUT2D eigenvalue weighted by molar-refractivity contribution is 7.48. The molecule has 0 radical (unpaired) electrons. The van der Waals surface area contributed by atoms with Crippen LogP contribution < -0.4 is 11.2 Å². The summed E-state index contributed by atoms with van der Waals surface area (Å²) in [5.41, 5.74) is -0.430. The van der Waals surface area contributed by atoms with Gasteiger partial charge in [-0.15, -0.1) is 0 Å². The van der Waals surface area contributed by atoms with Crippen LogP contribution in [0.3, 0.4) is 0 Å². The largest absolute Gasteiger partial charge is 0.475 e. The fraction of sp³-hybridized carbons (Fsp3) is 0.444. The number of nitrogens with one attached hydrogen (secondary N) is 1. The van der Waals surface area contributed by atoms with Gasteiger partial charge in [-0.25, -0.2) is 9.36 Å². The van der Waals surface area contributed by atoms with Crippen LogP contribution in [0, 0.1) is 0 Å². The zero-order valence-corrected chi connectivity index (χ0v) is 31.8. The van der Waals surface area contributed by atoms with Gasteiger partial charge in [0.05, 0.1) is 34.4 Å². The molecule has 19 heteroatoms. The van der Waals surface area contributed by atoms with E-state index in [1.165, 1.54) is 0 Å². The number of ether oxygens (including phenoxy) is 5. The minimum atomic E-state index is -4.28. The van der Waals surface area contributed by atoms with Crippen molar-refractivity contribution in [3.63, 3.8) is 0 Å². The van der Waals surface area contributed by atoms with Gasteiger partial charge in [0.2, 0.25) is 0 Å². The number of H-pyrrole nitrogens is 1. The Morgan fingerprint density at radius 3 is 1.82 bits per heavy atom. The van der Waals surface area contributed by atoms with Crippen molar-refractivity contribution in [1.29, 1.82) is 0 Å². The Labute approximate surface area is 316 Å². The summed E-state index contributed by atoms with van der Waals surface area (Å²) in [6, 6.07) is 18.4. The second-order valence-electron chi connectivity index (χ2n) is 13.1. The summed E-state index contributed by atoms with van der Waals surface area (Å²) in [5.74, 6) is -4.22. The monoisotopic (exact) mass is 790 g/mol. The molecule has 3 aromatic rings. The molecule has 1 aliphatic heterocycles. The molecule has 0 spiro atoms. The van der Waals surface area contributed by atoms with Gasteiger partial charge < -0.3 is 28.2 Å². The van der Waals surface area contributed by atoms with Crippen LogP contribution >= 0.6 is 7.82 Å². The summed E-state index contributed by atoms with van der Waals surface area (Å²) < 4.78 is 59.0. The Bertz CT molecular complexity index is 1910. The third-order valence-electron chi connectivity index (χ3n) is 7.70. The Balaban J connectivity index is 1.58. The smallest absolute Gasteiger partial charge is 0.460 e. The van der Waals surface area contributed by atoms with Crippen molar-refractivity contribution in [2.24, 2.45) is 0 Å². The van der Waals surface area contributed by atoms with Crippen molar-refractivity contribution in [1.82, 2.24) is 9.55 Å². The van der Waals surface area contributed by atoms with Crippen LogP contribution in [-0.2, 0) is 74.2 Å². The summed E-state index contributed by atoms with van der Waals surface area (Å²) in [6.07, 6.45) is -7.20. The molecule has 55 heavy (non-hydrogen) atoms. The molecule has 5 atom stereocenters. The quantitative estimate of drug-likeness (QED) is 0.0572. The van der Waals surface area contributed by atoms with E-state index in [2.05, 4.69) is 4.98 Å². The number of esters is 4. The molecule has 0 saturated carbocycles. The van der Waals surface area contributed by atoms with Crippen molar-refractivity contribution >= 4 is 31.7 Å². The highest BCUT2D eigenvalue weighted by Crippen LogP contribution is 2.50. The molecule has 0 aliphatic carbocycles. The molecule has 1 aliphatic rings. The summed E-state index contributed by atoms with van der Waals surface area (Å²) in [4.78, 5) is 78.6. The van der Waals surface area contributed by atoms with Gasteiger partial charge in [0.1, 0.15) is 45.3 Å². The van der Waals surface area contributed by atoms with E-state index in [0.717, 1.165) is 16.8 Å². The minimum absolute atomic E-state index is 0.0359. The zero-order chi connectivity index (χ0) is 40.0. The van der Waals surface area contributed by atoms with Crippen molar-refractivity contribution in [2.75, 3.05) is 47.5 Å². The van der Waals surface area contributed by atoms with E-state index >= 15 is 0 Å². The van der Waals surface area contributed by atoms with Crippen LogP contribution in [0.15, 0.2) is 82.5 Å². The summed E-state index contributed by atoms with van der Waals surface area (Å²) >= 11 is 0. The van der Waals surface area contributed by atoms with Gasteiger partial charge in [0.25, 0.3) is 5.56 Å². The van der Waals surface area contributed by atoms with Gasteiger partial charge in [0, 0.05) is 12.3 Å². The molecule has 2 heterocycles. The first kappa shape index (κ1) is 42.8. The second-order valence-corrected chi connectivity index (χ2v) is 14.8. The second kappa shape index (κ2) is 20.1. The number of phosphoric acid groups is 1. The van der Waals surface area contributed by atoms with Crippen molar-refractivity contribution in [3.8, 4) is 0 Å². The summed E-state index contributed by atoms with van der Waals surface area (Å²) in [7, 11) is 1.40. The molecule has 0 amide bonds. The number of quaternary nitrogens is 1.